The molecule has 0 saturated carbocycles. The zero-order valence-electron chi connectivity index (χ0n) is 19.6. The first-order valence-electron chi connectivity index (χ1n) is 11.6. The zero-order chi connectivity index (χ0) is 24.4. The molecule has 0 bridgehead atoms. The maximum Gasteiger partial charge on any atom is 0.192 e. The van der Waals surface area contributed by atoms with Gasteiger partial charge in [0.05, 0.1) is 18.4 Å². The van der Waals surface area contributed by atoms with Crippen molar-refractivity contribution in [1.82, 2.24) is 24.3 Å². The number of hydrogen-bond donors (Lipinski definition) is 0. The highest BCUT2D eigenvalue weighted by molar-refractivity contribution is 7.99. The number of pyridine rings is 1. The number of carbonyl (C=O) groups excluding carboxylic acids is 1. The van der Waals surface area contributed by atoms with Gasteiger partial charge >= 0.3 is 0 Å². The molecule has 0 N–H and O–H groups in total. The lowest BCUT2D eigenvalue weighted by Crippen LogP contribution is -2.17. The smallest absolute Gasteiger partial charge is 0.192 e. The summed E-state index contributed by atoms with van der Waals surface area (Å²) in [6, 6.07) is 13.8. The van der Waals surface area contributed by atoms with Crippen molar-refractivity contribution in [2.45, 2.75) is 44.5 Å². The molecule has 35 heavy (non-hydrogen) atoms. The quantitative estimate of drug-likeness (QED) is 0.254. The number of benzene rings is 1. The van der Waals surface area contributed by atoms with Crippen molar-refractivity contribution in [3.63, 3.8) is 0 Å². The molecule has 1 atom stereocenters. The van der Waals surface area contributed by atoms with Crippen LogP contribution in [0.1, 0.15) is 34.6 Å². The molecule has 3 aromatic heterocycles. The third kappa shape index (κ3) is 4.92. The standard InChI is InChI=1S/C26H26FN5O2S/c1-17-14-22(18(2)32(17)24-7-3-4-12-28-24)23(33)16-35-26-30-29-25(19-8-10-20(27)11-9-19)31(26)15-21-6-5-13-34-21/h3-4,7-12,14,21H,5-6,13,15-16H2,1-2H3. The topological polar surface area (TPSA) is 74.8 Å². The van der Waals surface area contributed by atoms with E-state index in [-0.39, 0.29) is 23.5 Å². The minimum atomic E-state index is -0.303. The SMILES string of the molecule is Cc1cc(C(=O)CSc2nnc(-c3ccc(F)cc3)n2CC2CCCO2)c(C)n1-c1ccccn1. The Balaban J connectivity index is 1.38. The van der Waals surface area contributed by atoms with Crippen LogP contribution in [-0.4, -0.2) is 48.6 Å². The van der Waals surface area contributed by atoms with E-state index in [1.54, 1.807) is 18.3 Å². The number of aromatic nitrogens is 5. The number of Topliss-reactive ketones (excluding diaryl/α,β-unsaturated/α-hetero) is 1. The summed E-state index contributed by atoms with van der Waals surface area (Å²) in [5, 5.41) is 9.39. The monoisotopic (exact) mass is 491 g/mol. The Morgan fingerprint density at radius 1 is 1.17 bits per heavy atom. The number of halogens is 1. The van der Waals surface area contributed by atoms with Crippen LogP contribution in [0.25, 0.3) is 17.2 Å². The summed E-state index contributed by atoms with van der Waals surface area (Å²) in [6.45, 7) is 5.24. The van der Waals surface area contributed by atoms with E-state index in [1.807, 2.05) is 47.2 Å². The van der Waals surface area contributed by atoms with Crippen LogP contribution >= 0.6 is 11.8 Å². The second-order valence-corrected chi connectivity index (χ2v) is 9.52. The van der Waals surface area contributed by atoms with Gasteiger partial charge in [-0.1, -0.05) is 17.8 Å². The van der Waals surface area contributed by atoms with Gasteiger partial charge in [-0.05, 0) is 69.2 Å². The Morgan fingerprint density at radius 3 is 2.71 bits per heavy atom. The molecule has 180 valence electrons. The van der Waals surface area contributed by atoms with Crippen LogP contribution in [0.5, 0.6) is 0 Å². The maximum atomic E-state index is 13.5. The molecule has 0 spiro atoms. The molecule has 4 heterocycles. The second kappa shape index (κ2) is 10.1. The zero-order valence-corrected chi connectivity index (χ0v) is 20.5. The van der Waals surface area contributed by atoms with Crippen molar-refractivity contribution in [2.24, 2.45) is 0 Å². The van der Waals surface area contributed by atoms with Crippen LogP contribution in [0.2, 0.25) is 0 Å². The highest BCUT2D eigenvalue weighted by atomic mass is 32.2. The molecule has 0 aliphatic carbocycles. The predicted molar refractivity (Wildman–Crippen MR) is 132 cm³/mol. The third-order valence-electron chi connectivity index (χ3n) is 6.17. The van der Waals surface area contributed by atoms with Gasteiger partial charge in [-0.2, -0.15) is 0 Å². The maximum absolute atomic E-state index is 13.5. The predicted octanol–water partition coefficient (Wildman–Crippen LogP) is 5.04. The molecule has 1 unspecified atom stereocenters. The highest BCUT2D eigenvalue weighted by Crippen LogP contribution is 2.28. The molecule has 1 aliphatic rings. The number of aryl methyl sites for hydroxylation is 1. The molecular formula is C26H26FN5O2S. The summed E-state index contributed by atoms with van der Waals surface area (Å²) < 4.78 is 23.3. The number of ether oxygens (including phenoxy) is 1. The van der Waals surface area contributed by atoms with E-state index in [0.29, 0.717) is 23.1 Å². The van der Waals surface area contributed by atoms with Crippen molar-refractivity contribution in [3.05, 3.63) is 77.5 Å². The van der Waals surface area contributed by atoms with Crippen LogP contribution < -0.4 is 0 Å². The first-order chi connectivity index (χ1) is 17.0. The molecule has 5 rings (SSSR count). The van der Waals surface area contributed by atoms with Gasteiger partial charge in [0.1, 0.15) is 11.6 Å². The van der Waals surface area contributed by atoms with E-state index in [4.69, 9.17) is 4.74 Å². The summed E-state index contributed by atoms with van der Waals surface area (Å²) in [5.74, 6) is 1.36. The highest BCUT2D eigenvalue weighted by Gasteiger charge is 2.23. The Labute approximate surface area is 207 Å². The first-order valence-corrected chi connectivity index (χ1v) is 12.6. The lowest BCUT2D eigenvalue weighted by molar-refractivity contribution is 0.0953. The molecule has 1 fully saturated rings. The lowest BCUT2D eigenvalue weighted by Gasteiger charge is -2.14. The van der Waals surface area contributed by atoms with Gasteiger partial charge in [0.25, 0.3) is 0 Å². The van der Waals surface area contributed by atoms with Crippen LogP contribution in [0.4, 0.5) is 4.39 Å². The van der Waals surface area contributed by atoms with E-state index in [2.05, 4.69) is 15.2 Å². The summed E-state index contributed by atoms with van der Waals surface area (Å²) in [5.41, 5.74) is 3.26. The molecule has 1 saturated heterocycles. The van der Waals surface area contributed by atoms with Crippen LogP contribution in [-0.2, 0) is 11.3 Å². The van der Waals surface area contributed by atoms with E-state index in [1.165, 1.54) is 23.9 Å². The fraction of sp³-hybridized carbons (Fsp3) is 0.308. The molecule has 1 aromatic carbocycles. The van der Waals surface area contributed by atoms with Gasteiger partial charge in [0, 0.05) is 35.3 Å². The van der Waals surface area contributed by atoms with Gasteiger partial charge < -0.3 is 9.30 Å². The van der Waals surface area contributed by atoms with E-state index < -0.39 is 0 Å². The van der Waals surface area contributed by atoms with E-state index in [0.717, 1.165) is 42.2 Å². The van der Waals surface area contributed by atoms with Gasteiger partial charge in [-0.15, -0.1) is 10.2 Å². The molecule has 7 nitrogen and oxygen atoms in total. The van der Waals surface area contributed by atoms with Crippen LogP contribution in [0, 0.1) is 19.7 Å². The van der Waals surface area contributed by atoms with Gasteiger partial charge in [-0.3, -0.25) is 9.36 Å². The van der Waals surface area contributed by atoms with Crippen molar-refractivity contribution in [3.8, 4) is 17.2 Å². The largest absolute Gasteiger partial charge is 0.376 e. The Bertz CT molecular complexity index is 1330. The first kappa shape index (κ1) is 23.4. The summed E-state index contributed by atoms with van der Waals surface area (Å²) in [7, 11) is 0. The van der Waals surface area contributed by atoms with Crippen molar-refractivity contribution >= 4 is 17.5 Å². The molecule has 0 amide bonds. The summed E-state index contributed by atoms with van der Waals surface area (Å²) in [6.07, 6.45) is 3.79. The average Bonchev–Trinajstić information content (AvgIpc) is 3.59. The van der Waals surface area contributed by atoms with Gasteiger partial charge in [0.15, 0.2) is 16.8 Å². The minimum absolute atomic E-state index is 0.0141. The fourth-order valence-corrected chi connectivity index (χ4v) is 5.29. The van der Waals surface area contributed by atoms with Crippen molar-refractivity contribution < 1.29 is 13.9 Å². The normalized spacial score (nSPS) is 15.6. The average molecular weight is 492 g/mol. The number of nitrogens with zero attached hydrogens (tertiary/aromatic N) is 5. The van der Waals surface area contributed by atoms with Crippen LogP contribution in [0.3, 0.4) is 0 Å². The lowest BCUT2D eigenvalue weighted by atomic mass is 10.2. The molecule has 9 heteroatoms. The fourth-order valence-electron chi connectivity index (χ4n) is 4.46. The molecule has 1 aliphatic heterocycles. The number of rotatable bonds is 8. The van der Waals surface area contributed by atoms with Crippen molar-refractivity contribution in [1.29, 1.82) is 0 Å². The van der Waals surface area contributed by atoms with Gasteiger partial charge in [0.2, 0.25) is 0 Å². The number of hydrogen-bond acceptors (Lipinski definition) is 6. The third-order valence-corrected chi connectivity index (χ3v) is 7.14. The number of thioether (sulfide) groups is 1. The van der Waals surface area contributed by atoms with E-state index >= 15 is 0 Å². The summed E-state index contributed by atoms with van der Waals surface area (Å²) in [4.78, 5) is 17.7. The Morgan fingerprint density at radius 2 is 2.00 bits per heavy atom. The molecule has 4 aromatic rings. The van der Waals surface area contributed by atoms with E-state index in [9.17, 15) is 9.18 Å². The van der Waals surface area contributed by atoms with Crippen molar-refractivity contribution in [2.75, 3.05) is 12.4 Å². The number of ketones is 1. The molecule has 0 radical (unpaired) electrons. The minimum Gasteiger partial charge on any atom is -0.376 e. The van der Waals surface area contributed by atoms with Gasteiger partial charge in [-0.25, -0.2) is 9.37 Å². The Kier molecular flexibility index (Phi) is 6.79. The van der Waals surface area contributed by atoms with Crippen LogP contribution in [0.15, 0.2) is 59.9 Å². The second-order valence-electron chi connectivity index (χ2n) is 8.58. The molecular weight excluding hydrogens is 465 g/mol. The Hall–Kier alpha value is -3.30. The summed E-state index contributed by atoms with van der Waals surface area (Å²) >= 11 is 1.36. The number of carbonyl (C=O) groups is 1.